The molecule has 0 radical (unpaired) electrons. The molecular formula is C23H23Cl2N3O5. The fraction of sp³-hybridized carbons (Fsp3) is 0.348. The van der Waals surface area contributed by atoms with Crippen molar-refractivity contribution in [2.24, 2.45) is 0 Å². The van der Waals surface area contributed by atoms with Crippen molar-refractivity contribution in [1.82, 2.24) is 15.1 Å². The number of hydrogen-bond acceptors (Lipinski definition) is 5. The lowest BCUT2D eigenvalue weighted by Crippen LogP contribution is -2.48. The van der Waals surface area contributed by atoms with Crippen LogP contribution in [0.5, 0.6) is 11.5 Å². The molecule has 1 fully saturated rings. The number of amides is 4. The number of halogens is 2. The molecule has 2 atom stereocenters. The van der Waals surface area contributed by atoms with Gasteiger partial charge in [-0.25, -0.2) is 4.79 Å². The number of rotatable bonds is 6. The van der Waals surface area contributed by atoms with Crippen LogP contribution in [0.15, 0.2) is 42.5 Å². The molecule has 174 valence electrons. The number of likely N-dealkylation sites (N-methyl/N-ethyl adjacent to an activating group) is 1. The Bertz CT molecular complexity index is 1110. The molecule has 2 aliphatic rings. The smallest absolute Gasteiger partial charge is 0.325 e. The average Bonchev–Trinajstić information content (AvgIpc) is 3.00. The Morgan fingerprint density at radius 3 is 2.64 bits per heavy atom. The van der Waals surface area contributed by atoms with Gasteiger partial charge in [-0.2, -0.15) is 0 Å². The van der Waals surface area contributed by atoms with E-state index in [9.17, 15) is 14.4 Å². The van der Waals surface area contributed by atoms with Crippen LogP contribution in [0.4, 0.5) is 4.79 Å². The normalized spacial score (nSPS) is 21.7. The van der Waals surface area contributed by atoms with Gasteiger partial charge in [0.2, 0.25) is 5.91 Å². The number of nitrogens with one attached hydrogen (secondary N) is 1. The van der Waals surface area contributed by atoms with Gasteiger partial charge < -0.3 is 19.7 Å². The molecule has 8 nitrogen and oxygen atoms in total. The fourth-order valence-corrected chi connectivity index (χ4v) is 4.56. The molecule has 1 N–H and O–H groups in total. The highest BCUT2D eigenvalue weighted by Gasteiger charge is 2.50. The molecule has 2 aromatic rings. The van der Waals surface area contributed by atoms with Crippen molar-refractivity contribution in [1.29, 1.82) is 0 Å². The summed E-state index contributed by atoms with van der Waals surface area (Å²) in [6.07, 6.45) is -0.370. The summed E-state index contributed by atoms with van der Waals surface area (Å²) in [5.41, 5.74) is -0.999. The number of nitrogens with zero attached hydrogens (tertiary/aromatic N) is 2. The predicted molar refractivity (Wildman–Crippen MR) is 123 cm³/mol. The number of ether oxygens (including phenoxy) is 2. The van der Waals surface area contributed by atoms with E-state index in [-0.39, 0.29) is 30.2 Å². The molecule has 33 heavy (non-hydrogen) atoms. The van der Waals surface area contributed by atoms with E-state index in [4.69, 9.17) is 32.7 Å². The number of para-hydroxylation sites is 2. The van der Waals surface area contributed by atoms with Gasteiger partial charge in [0.05, 0.1) is 6.54 Å². The molecule has 0 aromatic heterocycles. The van der Waals surface area contributed by atoms with Crippen molar-refractivity contribution < 1.29 is 23.9 Å². The Hall–Kier alpha value is -2.97. The summed E-state index contributed by atoms with van der Waals surface area (Å²) in [6.45, 7) is 3.90. The van der Waals surface area contributed by atoms with Gasteiger partial charge in [0.25, 0.3) is 5.91 Å². The maximum atomic E-state index is 13.2. The average molecular weight is 492 g/mol. The van der Waals surface area contributed by atoms with Crippen molar-refractivity contribution in [2.75, 3.05) is 26.2 Å². The fourth-order valence-electron chi connectivity index (χ4n) is 3.96. The first-order valence-corrected chi connectivity index (χ1v) is 11.2. The van der Waals surface area contributed by atoms with Crippen LogP contribution in [-0.4, -0.2) is 60.0 Å². The van der Waals surface area contributed by atoms with Gasteiger partial charge >= 0.3 is 6.03 Å². The SMILES string of the molecule is CCN(CC1COc2ccccc2O1)C(=O)CN1C(=O)NC(C)(c2ccc(Cl)cc2Cl)C1=O. The molecule has 2 aromatic carbocycles. The molecule has 0 aliphatic carbocycles. The van der Waals surface area contributed by atoms with Gasteiger partial charge in [-0.3, -0.25) is 14.5 Å². The van der Waals surface area contributed by atoms with Crippen LogP contribution in [0.3, 0.4) is 0 Å². The van der Waals surface area contributed by atoms with Gasteiger partial charge in [-0.05, 0) is 38.1 Å². The van der Waals surface area contributed by atoms with E-state index >= 15 is 0 Å². The van der Waals surface area contributed by atoms with Gasteiger partial charge in [0.1, 0.15) is 18.7 Å². The monoisotopic (exact) mass is 491 g/mol. The molecule has 10 heteroatoms. The molecular weight excluding hydrogens is 469 g/mol. The molecule has 4 rings (SSSR count). The van der Waals surface area contributed by atoms with Gasteiger partial charge in [-0.15, -0.1) is 0 Å². The van der Waals surface area contributed by atoms with Crippen LogP contribution < -0.4 is 14.8 Å². The second-order valence-corrected chi connectivity index (χ2v) is 8.84. The van der Waals surface area contributed by atoms with Crippen LogP contribution in [0.2, 0.25) is 10.0 Å². The second kappa shape index (κ2) is 9.11. The topological polar surface area (TPSA) is 88.2 Å². The molecule has 0 bridgehead atoms. The Kier molecular flexibility index (Phi) is 6.41. The third-order valence-electron chi connectivity index (χ3n) is 5.76. The van der Waals surface area contributed by atoms with Crippen molar-refractivity contribution in [3.63, 3.8) is 0 Å². The maximum absolute atomic E-state index is 13.2. The lowest BCUT2D eigenvalue weighted by Gasteiger charge is -2.31. The zero-order chi connectivity index (χ0) is 23.8. The zero-order valence-electron chi connectivity index (χ0n) is 18.1. The van der Waals surface area contributed by atoms with Crippen molar-refractivity contribution in [2.45, 2.75) is 25.5 Å². The molecule has 1 saturated heterocycles. The first-order valence-electron chi connectivity index (χ1n) is 10.5. The van der Waals surface area contributed by atoms with E-state index in [1.807, 2.05) is 25.1 Å². The highest BCUT2D eigenvalue weighted by molar-refractivity contribution is 6.35. The first-order chi connectivity index (χ1) is 15.7. The summed E-state index contributed by atoms with van der Waals surface area (Å²) in [7, 11) is 0. The maximum Gasteiger partial charge on any atom is 0.325 e. The highest BCUT2D eigenvalue weighted by atomic mass is 35.5. The minimum atomic E-state index is -1.40. The van der Waals surface area contributed by atoms with E-state index in [2.05, 4.69) is 5.32 Å². The molecule has 4 amide bonds. The van der Waals surface area contributed by atoms with Crippen molar-refractivity contribution in [3.8, 4) is 11.5 Å². The van der Waals surface area contributed by atoms with E-state index in [1.165, 1.54) is 11.0 Å². The summed E-state index contributed by atoms with van der Waals surface area (Å²) in [5, 5.41) is 3.31. The number of fused-ring (bicyclic) bond motifs is 1. The van der Waals surface area contributed by atoms with Crippen molar-refractivity contribution >= 4 is 41.0 Å². The van der Waals surface area contributed by atoms with Crippen LogP contribution in [0, 0.1) is 0 Å². The van der Waals surface area contributed by atoms with E-state index < -0.39 is 24.0 Å². The lowest BCUT2D eigenvalue weighted by molar-refractivity contribution is -0.139. The largest absolute Gasteiger partial charge is 0.486 e. The van der Waals surface area contributed by atoms with Crippen LogP contribution >= 0.6 is 23.2 Å². The number of carbonyl (C=O) groups is 3. The Morgan fingerprint density at radius 1 is 1.21 bits per heavy atom. The highest BCUT2D eigenvalue weighted by Crippen LogP contribution is 2.35. The summed E-state index contributed by atoms with van der Waals surface area (Å²) in [6, 6.07) is 11.3. The lowest BCUT2D eigenvalue weighted by atomic mass is 9.92. The van der Waals surface area contributed by atoms with Crippen LogP contribution in [-0.2, 0) is 15.1 Å². The first kappa shape index (κ1) is 23.2. The van der Waals surface area contributed by atoms with Gasteiger partial charge in [0.15, 0.2) is 17.6 Å². The summed E-state index contributed by atoms with van der Waals surface area (Å²) >= 11 is 12.2. The number of benzene rings is 2. The predicted octanol–water partition coefficient (Wildman–Crippen LogP) is 3.45. The Balaban J connectivity index is 1.45. The standard InChI is InChI=1S/C23H23Cl2N3O5/c1-3-27(11-15-13-32-18-6-4-5-7-19(18)33-15)20(29)12-28-21(30)23(2,26-22(28)31)16-9-8-14(24)10-17(16)25/h4-10,15H,3,11-13H2,1-2H3,(H,26,31). The molecule has 2 unspecified atom stereocenters. The van der Waals surface area contributed by atoms with Crippen LogP contribution in [0.25, 0.3) is 0 Å². The molecule has 0 saturated carbocycles. The number of imide groups is 1. The Morgan fingerprint density at radius 2 is 1.94 bits per heavy atom. The Labute approximate surface area is 201 Å². The number of urea groups is 1. The third-order valence-corrected chi connectivity index (χ3v) is 6.31. The molecule has 2 heterocycles. The summed E-state index contributed by atoms with van der Waals surface area (Å²) < 4.78 is 11.6. The number of carbonyl (C=O) groups excluding carboxylic acids is 3. The minimum absolute atomic E-state index is 0.247. The zero-order valence-corrected chi connectivity index (χ0v) is 19.7. The van der Waals surface area contributed by atoms with E-state index in [0.29, 0.717) is 28.6 Å². The second-order valence-electron chi connectivity index (χ2n) is 8.00. The van der Waals surface area contributed by atoms with E-state index in [1.54, 1.807) is 25.1 Å². The quantitative estimate of drug-likeness (QED) is 0.625. The molecule has 0 spiro atoms. The third kappa shape index (κ3) is 4.45. The number of hydrogen-bond donors (Lipinski definition) is 1. The summed E-state index contributed by atoms with van der Waals surface area (Å²) in [4.78, 5) is 41.3. The van der Waals surface area contributed by atoms with Crippen LogP contribution in [0.1, 0.15) is 19.4 Å². The van der Waals surface area contributed by atoms with Gasteiger partial charge in [0, 0.05) is 22.2 Å². The molecule has 2 aliphatic heterocycles. The van der Waals surface area contributed by atoms with E-state index in [0.717, 1.165) is 4.90 Å². The van der Waals surface area contributed by atoms with Gasteiger partial charge in [-0.1, -0.05) is 41.4 Å². The minimum Gasteiger partial charge on any atom is -0.486 e. The van der Waals surface area contributed by atoms with Crippen molar-refractivity contribution in [3.05, 3.63) is 58.1 Å². The summed E-state index contributed by atoms with van der Waals surface area (Å²) in [5.74, 6) is 0.326.